The molecular weight excluding hydrogens is 382 g/mol. The molecular formula is C18H16ClN7S. The highest BCUT2D eigenvalue weighted by molar-refractivity contribution is 7.71. The first-order valence-corrected chi connectivity index (χ1v) is 9.03. The number of H-pyrrole nitrogens is 1. The monoisotopic (exact) mass is 397 g/mol. The van der Waals surface area contributed by atoms with Crippen LogP contribution in [0.3, 0.4) is 0 Å². The lowest BCUT2D eigenvalue weighted by Crippen LogP contribution is -2.07. The van der Waals surface area contributed by atoms with Crippen molar-refractivity contribution < 1.29 is 0 Å². The van der Waals surface area contributed by atoms with E-state index in [4.69, 9.17) is 23.8 Å². The zero-order valence-corrected chi connectivity index (χ0v) is 16.5. The van der Waals surface area contributed by atoms with Crippen LogP contribution in [-0.2, 0) is 0 Å². The first-order chi connectivity index (χ1) is 12.9. The van der Waals surface area contributed by atoms with Crippen molar-refractivity contribution in [1.29, 1.82) is 0 Å². The van der Waals surface area contributed by atoms with Crippen LogP contribution in [0.15, 0.2) is 35.4 Å². The molecule has 3 aromatic heterocycles. The van der Waals surface area contributed by atoms with E-state index in [2.05, 4.69) is 25.4 Å². The van der Waals surface area contributed by atoms with Gasteiger partial charge in [-0.15, -0.1) is 5.10 Å². The van der Waals surface area contributed by atoms with E-state index in [1.54, 1.807) is 10.9 Å². The summed E-state index contributed by atoms with van der Waals surface area (Å²) in [5.74, 6) is 0.474. The van der Waals surface area contributed by atoms with Crippen LogP contribution in [-0.4, -0.2) is 35.9 Å². The smallest absolute Gasteiger partial charge is 0.248 e. The molecule has 0 saturated carbocycles. The second-order valence-corrected chi connectivity index (χ2v) is 7.03. The van der Waals surface area contributed by atoms with Gasteiger partial charge in [0.2, 0.25) is 4.77 Å². The number of aromatic amines is 1. The summed E-state index contributed by atoms with van der Waals surface area (Å²) in [6.07, 6.45) is 1.62. The summed E-state index contributed by atoms with van der Waals surface area (Å²) < 4.78 is 3.54. The summed E-state index contributed by atoms with van der Waals surface area (Å²) in [4.78, 5) is 4.45. The van der Waals surface area contributed by atoms with Gasteiger partial charge in [0.1, 0.15) is 5.15 Å². The second kappa shape index (κ2) is 6.71. The molecule has 1 N–H and O–H groups in total. The van der Waals surface area contributed by atoms with Crippen molar-refractivity contribution in [3.8, 4) is 5.95 Å². The minimum Gasteiger partial charge on any atom is -0.248 e. The molecule has 0 radical (unpaired) electrons. The Morgan fingerprint density at radius 3 is 2.74 bits per heavy atom. The Bertz CT molecular complexity index is 1250. The number of halogens is 1. The standard InChI is InChI=1S/C18H16ClN7S/c1-10-4-5-13-8-14(16(19)21-15(13)6-10)9-20-26-17(22-23-18(26)27)25-12(3)7-11(2)24-25/h4-9H,1-3H3,(H,23,27)/b20-9-. The third kappa shape index (κ3) is 3.29. The first kappa shape index (κ1) is 17.6. The quantitative estimate of drug-likeness (QED) is 0.320. The third-order valence-corrected chi connectivity index (χ3v) is 4.67. The fraction of sp³-hybridized carbons (Fsp3) is 0.167. The van der Waals surface area contributed by atoms with E-state index in [0.717, 1.165) is 27.9 Å². The van der Waals surface area contributed by atoms with E-state index in [9.17, 15) is 0 Å². The summed E-state index contributed by atoms with van der Waals surface area (Å²) in [5, 5.41) is 17.2. The molecule has 0 fully saturated rings. The fourth-order valence-corrected chi connectivity index (χ4v) is 3.21. The minimum absolute atomic E-state index is 0.356. The van der Waals surface area contributed by atoms with Gasteiger partial charge in [0, 0.05) is 16.6 Å². The molecule has 0 aliphatic heterocycles. The zero-order valence-electron chi connectivity index (χ0n) is 14.9. The second-order valence-electron chi connectivity index (χ2n) is 6.29. The predicted octanol–water partition coefficient (Wildman–Crippen LogP) is 4.14. The Hall–Kier alpha value is -2.84. The molecule has 4 aromatic rings. The molecule has 0 spiro atoms. The molecule has 0 aliphatic carbocycles. The van der Waals surface area contributed by atoms with E-state index < -0.39 is 0 Å². The van der Waals surface area contributed by atoms with Gasteiger partial charge >= 0.3 is 0 Å². The van der Waals surface area contributed by atoms with Crippen molar-refractivity contribution in [3.63, 3.8) is 0 Å². The molecule has 27 heavy (non-hydrogen) atoms. The van der Waals surface area contributed by atoms with Crippen molar-refractivity contribution in [2.45, 2.75) is 20.8 Å². The number of nitrogens with one attached hydrogen (secondary N) is 1. The highest BCUT2D eigenvalue weighted by atomic mass is 35.5. The molecule has 0 saturated heterocycles. The Kier molecular flexibility index (Phi) is 4.37. The molecule has 0 aliphatic rings. The van der Waals surface area contributed by atoms with Crippen molar-refractivity contribution in [2.75, 3.05) is 0 Å². The summed E-state index contributed by atoms with van der Waals surface area (Å²) in [7, 11) is 0. The summed E-state index contributed by atoms with van der Waals surface area (Å²) in [6, 6.07) is 9.94. The largest absolute Gasteiger partial charge is 0.271 e. The van der Waals surface area contributed by atoms with Crippen LogP contribution in [0.4, 0.5) is 0 Å². The minimum atomic E-state index is 0.356. The molecule has 0 amide bonds. The van der Waals surface area contributed by atoms with Gasteiger partial charge in [0.25, 0.3) is 5.95 Å². The average molecular weight is 398 g/mol. The number of rotatable bonds is 3. The van der Waals surface area contributed by atoms with Crippen molar-refractivity contribution >= 4 is 40.9 Å². The van der Waals surface area contributed by atoms with E-state index in [0.29, 0.717) is 21.4 Å². The normalized spacial score (nSPS) is 11.7. The molecule has 0 bridgehead atoms. The number of pyridine rings is 1. The maximum atomic E-state index is 6.34. The molecule has 136 valence electrons. The van der Waals surface area contributed by atoms with Gasteiger partial charge in [-0.25, -0.2) is 14.8 Å². The maximum absolute atomic E-state index is 6.34. The van der Waals surface area contributed by atoms with Gasteiger partial charge in [-0.1, -0.05) is 23.7 Å². The summed E-state index contributed by atoms with van der Waals surface area (Å²) in [5.41, 5.74) is 4.48. The highest BCUT2D eigenvalue weighted by Gasteiger charge is 2.12. The maximum Gasteiger partial charge on any atom is 0.271 e. The molecule has 7 nitrogen and oxygen atoms in total. The number of benzene rings is 1. The number of hydrogen-bond donors (Lipinski definition) is 1. The molecule has 9 heteroatoms. The highest BCUT2D eigenvalue weighted by Crippen LogP contribution is 2.20. The third-order valence-electron chi connectivity index (χ3n) is 4.10. The Morgan fingerprint density at radius 2 is 2.00 bits per heavy atom. The molecule has 0 atom stereocenters. The van der Waals surface area contributed by atoms with Gasteiger partial charge in [-0.05, 0) is 56.8 Å². The van der Waals surface area contributed by atoms with Gasteiger partial charge < -0.3 is 0 Å². The van der Waals surface area contributed by atoms with Crippen molar-refractivity contribution in [1.82, 2.24) is 29.6 Å². The van der Waals surface area contributed by atoms with E-state index in [1.807, 2.05) is 51.1 Å². The van der Waals surface area contributed by atoms with Crippen LogP contribution >= 0.6 is 23.8 Å². The molecule has 1 aromatic carbocycles. The molecule has 3 heterocycles. The molecule has 0 unspecified atom stereocenters. The first-order valence-electron chi connectivity index (χ1n) is 8.25. The van der Waals surface area contributed by atoms with Crippen LogP contribution in [0.25, 0.3) is 16.9 Å². The predicted molar refractivity (Wildman–Crippen MR) is 108 cm³/mol. The van der Waals surface area contributed by atoms with Crippen LogP contribution < -0.4 is 0 Å². The SMILES string of the molecule is Cc1ccc2cc(/C=N\n3c(-n4nc(C)cc4C)n[nH]c3=S)c(Cl)nc2c1. The van der Waals surface area contributed by atoms with Gasteiger partial charge in [0.15, 0.2) is 0 Å². The van der Waals surface area contributed by atoms with Crippen LogP contribution in [0, 0.1) is 25.5 Å². The lowest BCUT2D eigenvalue weighted by atomic mass is 10.1. The zero-order chi connectivity index (χ0) is 19.1. The Balaban J connectivity index is 1.78. The summed E-state index contributed by atoms with van der Waals surface area (Å²) >= 11 is 11.6. The lowest BCUT2D eigenvalue weighted by Gasteiger charge is -2.04. The van der Waals surface area contributed by atoms with Crippen molar-refractivity contribution in [2.24, 2.45) is 5.10 Å². The van der Waals surface area contributed by atoms with E-state index in [1.165, 1.54) is 4.68 Å². The topological polar surface area (TPSA) is 76.7 Å². The lowest BCUT2D eigenvalue weighted by molar-refractivity contribution is 0.714. The van der Waals surface area contributed by atoms with E-state index in [-0.39, 0.29) is 0 Å². The summed E-state index contributed by atoms with van der Waals surface area (Å²) in [6.45, 7) is 5.88. The van der Waals surface area contributed by atoms with Gasteiger partial charge in [-0.2, -0.15) is 14.9 Å². The van der Waals surface area contributed by atoms with Crippen LogP contribution in [0.1, 0.15) is 22.5 Å². The van der Waals surface area contributed by atoms with Crippen LogP contribution in [0.5, 0.6) is 0 Å². The number of hydrogen-bond acceptors (Lipinski definition) is 5. The number of fused-ring (bicyclic) bond motifs is 1. The molecule has 4 rings (SSSR count). The van der Waals surface area contributed by atoms with Crippen LogP contribution in [0.2, 0.25) is 5.15 Å². The number of nitrogens with zero attached hydrogens (tertiary/aromatic N) is 6. The van der Waals surface area contributed by atoms with Gasteiger partial charge in [0.05, 0.1) is 17.4 Å². The van der Waals surface area contributed by atoms with Gasteiger partial charge in [-0.3, -0.25) is 0 Å². The number of aromatic nitrogens is 6. The van der Waals surface area contributed by atoms with Crippen molar-refractivity contribution in [3.05, 3.63) is 62.8 Å². The van der Waals surface area contributed by atoms with E-state index >= 15 is 0 Å². The average Bonchev–Trinajstić information content (AvgIpc) is 3.14. The Morgan fingerprint density at radius 1 is 1.19 bits per heavy atom. The Labute approximate surface area is 165 Å². The fourth-order valence-electron chi connectivity index (χ4n) is 2.84. The number of aryl methyl sites for hydroxylation is 3.